The number of hydrogen-bond acceptors (Lipinski definition) is 6. The van der Waals surface area contributed by atoms with Gasteiger partial charge in [0.1, 0.15) is 17.5 Å². The van der Waals surface area contributed by atoms with Crippen LogP contribution in [0.2, 0.25) is 5.02 Å². The Morgan fingerprint density at radius 3 is 2.93 bits per heavy atom. The molecule has 0 aromatic carbocycles. The van der Waals surface area contributed by atoms with Gasteiger partial charge in [-0.1, -0.05) is 11.6 Å². The van der Waals surface area contributed by atoms with Gasteiger partial charge in [-0.3, -0.25) is 5.10 Å². The summed E-state index contributed by atoms with van der Waals surface area (Å²) in [6.45, 7) is 1.97. The highest BCUT2D eigenvalue weighted by Gasteiger charge is 2.40. The summed E-state index contributed by atoms with van der Waals surface area (Å²) in [5.41, 5.74) is 3.24. The first-order valence-electron chi connectivity index (χ1n) is 9.26. The van der Waals surface area contributed by atoms with Gasteiger partial charge in [0.25, 0.3) is 0 Å². The minimum atomic E-state index is -0.770. The summed E-state index contributed by atoms with van der Waals surface area (Å²) >= 11 is 6.16. The van der Waals surface area contributed by atoms with Crippen molar-refractivity contribution in [2.24, 2.45) is 0 Å². The maximum Gasteiger partial charge on any atom is 0.225 e. The number of fused-ring (bicyclic) bond motifs is 1. The van der Waals surface area contributed by atoms with Crippen LogP contribution in [0.3, 0.4) is 0 Å². The van der Waals surface area contributed by atoms with Crippen molar-refractivity contribution in [3.63, 3.8) is 0 Å². The second-order valence-electron chi connectivity index (χ2n) is 7.09. The van der Waals surface area contributed by atoms with Crippen LogP contribution in [0, 0.1) is 0 Å². The Balaban J connectivity index is 1.29. The number of aromatic amines is 2. The molecule has 148 valence electrons. The summed E-state index contributed by atoms with van der Waals surface area (Å²) in [7, 11) is 0. The Morgan fingerprint density at radius 1 is 1.24 bits per heavy atom. The molecule has 4 heterocycles. The van der Waals surface area contributed by atoms with E-state index < -0.39 is 6.17 Å². The molecule has 0 amide bonds. The molecule has 0 radical (unpaired) electrons. The third-order valence-corrected chi connectivity index (χ3v) is 5.20. The zero-order valence-electron chi connectivity index (χ0n) is 15.4. The number of pyridine rings is 1. The zero-order valence-corrected chi connectivity index (χ0v) is 16.2. The van der Waals surface area contributed by atoms with Crippen molar-refractivity contribution in [3.8, 4) is 0 Å². The van der Waals surface area contributed by atoms with Crippen molar-refractivity contribution in [1.29, 1.82) is 0 Å². The molecule has 0 aliphatic heterocycles. The van der Waals surface area contributed by atoms with Crippen LogP contribution in [0.25, 0.3) is 11.0 Å². The minimum Gasteiger partial charge on any atom is -0.358 e. The van der Waals surface area contributed by atoms with Gasteiger partial charge < -0.3 is 15.6 Å². The molecular weight excluding hydrogens is 395 g/mol. The van der Waals surface area contributed by atoms with Gasteiger partial charge in [0.2, 0.25) is 5.95 Å². The van der Waals surface area contributed by atoms with E-state index >= 15 is 0 Å². The molecule has 4 aromatic heterocycles. The average molecular weight is 413 g/mol. The molecule has 1 saturated carbocycles. The van der Waals surface area contributed by atoms with Crippen LogP contribution in [0.5, 0.6) is 0 Å². The Bertz CT molecular complexity index is 1170. The molecule has 3 atom stereocenters. The Morgan fingerprint density at radius 2 is 2.10 bits per heavy atom. The van der Waals surface area contributed by atoms with E-state index in [2.05, 4.69) is 40.8 Å². The van der Waals surface area contributed by atoms with Gasteiger partial charge in [0, 0.05) is 30.1 Å². The highest BCUT2D eigenvalue weighted by Crippen LogP contribution is 2.43. The van der Waals surface area contributed by atoms with E-state index in [0.717, 1.165) is 22.4 Å². The van der Waals surface area contributed by atoms with Gasteiger partial charge in [-0.2, -0.15) is 10.1 Å². The number of nitrogens with zero attached hydrogens (tertiary/aromatic N) is 4. The molecule has 29 heavy (non-hydrogen) atoms. The van der Waals surface area contributed by atoms with Gasteiger partial charge in [0.15, 0.2) is 5.82 Å². The third kappa shape index (κ3) is 3.61. The van der Waals surface area contributed by atoms with Crippen LogP contribution in [0.1, 0.15) is 36.7 Å². The number of anilines is 3. The Kier molecular flexibility index (Phi) is 4.31. The van der Waals surface area contributed by atoms with Crippen molar-refractivity contribution in [1.82, 2.24) is 30.1 Å². The van der Waals surface area contributed by atoms with Gasteiger partial charge >= 0.3 is 0 Å². The molecule has 10 heteroatoms. The fraction of sp³-hybridized carbons (Fsp3) is 0.263. The third-order valence-electron chi connectivity index (χ3n) is 4.91. The van der Waals surface area contributed by atoms with Crippen LogP contribution < -0.4 is 10.6 Å². The van der Waals surface area contributed by atoms with Crippen LogP contribution in [0.4, 0.5) is 22.0 Å². The lowest BCUT2D eigenvalue weighted by Crippen LogP contribution is -2.11. The van der Waals surface area contributed by atoms with E-state index in [1.54, 1.807) is 18.5 Å². The summed E-state index contributed by atoms with van der Waals surface area (Å²) in [6, 6.07) is 7.28. The molecule has 3 unspecified atom stereocenters. The van der Waals surface area contributed by atoms with Crippen molar-refractivity contribution < 1.29 is 4.39 Å². The topological polar surface area (TPSA) is 107 Å². The first-order chi connectivity index (χ1) is 14.1. The number of halogens is 2. The second-order valence-corrected chi connectivity index (χ2v) is 7.50. The summed E-state index contributed by atoms with van der Waals surface area (Å²) in [4.78, 5) is 16.4. The lowest BCUT2D eigenvalue weighted by Gasteiger charge is -2.14. The molecule has 0 spiro atoms. The highest BCUT2D eigenvalue weighted by atomic mass is 35.5. The van der Waals surface area contributed by atoms with E-state index in [0.29, 0.717) is 29.0 Å². The van der Waals surface area contributed by atoms with Crippen LogP contribution in [-0.2, 0) is 0 Å². The lowest BCUT2D eigenvalue weighted by atomic mass is 10.2. The first-order valence-corrected chi connectivity index (χ1v) is 9.64. The summed E-state index contributed by atoms with van der Waals surface area (Å²) in [5.74, 6) is 1.55. The van der Waals surface area contributed by atoms with Crippen molar-refractivity contribution in [2.75, 3.05) is 10.6 Å². The standard InChI is InChI=1S/C19H18ClFN8/c1-9(13-2-3-14-18(25-13)11(20)8-23-14)24-19-22-5-4-16(27-19)26-17-7-15(28-29-17)10-6-12(10)21/h2-5,7-10,12,23H,6H2,1H3,(H3,22,24,26,27,28,29). The SMILES string of the molecule is CC(Nc1nccc(Nc2cc(C3CC3F)[nH]n2)n1)c1ccc2[nH]cc(Cl)c2n1. The molecule has 8 nitrogen and oxygen atoms in total. The van der Waals surface area contributed by atoms with Gasteiger partial charge in [-0.15, -0.1) is 0 Å². The second kappa shape index (κ2) is 7.00. The largest absolute Gasteiger partial charge is 0.358 e. The van der Waals surface area contributed by atoms with Crippen molar-refractivity contribution in [2.45, 2.75) is 31.5 Å². The lowest BCUT2D eigenvalue weighted by molar-refractivity contribution is 0.466. The van der Waals surface area contributed by atoms with E-state index in [4.69, 9.17) is 11.6 Å². The summed E-state index contributed by atoms with van der Waals surface area (Å²) in [6.07, 6.45) is 3.15. The predicted molar refractivity (Wildman–Crippen MR) is 109 cm³/mol. The summed E-state index contributed by atoms with van der Waals surface area (Å²) < 4.78 is 13.2. The number of alkyl halides is 1. The minimum absolute atomic E-state index is 0.0695. The molecule has 5 rings (SSSR count). The first kappa shape index (κ1) is 17.9. The summed E-state index contributed by atoms with van der Waals surface area (Å²) in [5, 5.41) is 14.0. The number of aromatic nitrogens is 6. The average Bonchev–Trinajstić information content (AvgIpc) is 3.10. The van der Waals surface area contributed by atoms with Crippen molar-refractivity contribution >= 4 is 40.2 Å². The number of H-pyrrole nitrogens is 2. The fourth-order valence-corrected chi connectivity index (χ4v) is 3.40. The highest BCUT2D eigenvalue weighted by molar-refractivity contribution is 6.35. The predicted octanol–water partition coefficient (Wildman–Crippen LogP) is 4.47. The van der Waals surface area contributed by atoms with E-state index in [9.17, 15) is 4.39 Å². The van der Waals surface area contributed by atoms with Gasteiger partial charge in [-0.05, 0) is 31.5 Å². The van der Waals surface area contributed by atoms with Crippen LogP contribution >= 0.6 is 11.6 Å². The number of hydrogen-bond donors (Lipinski definition) is 4. The molecule has 0 bridgehead atoms. The molecule has 1 aliphatic rings. The maximum atomic E-state index is 13.2. The van der Waals surface area contributed by atoms with Crippen LogP contribution in [-0.4, -0.2) is 36.3 Å². The molecule has 4 N–H and O–H groups in total. The molecule has 1 aliphatic carbocycles. The number of nitrogens with one attached hydrogen (secondary N) is 4. The van der Waals surface area contributed by atoms with E-state index in [-0.39, 0.29) is 12.0 Å². The Hall–Kier alpha value is -3.20. The normalized spacial score (nSPS) is 19.3. The van der Waals surface area contributed by atoms with E-state index in [1.807, 2.05) is 25.1 Å². The van der Waals surface area contributed by atoms with Gasteiger partial charge in [-0.25, -0.2) is 14.4 Å². The smallest absolute Gasteiger partial charge is 0.225 e. The molecule has 4 aromatic rings. The van der Waals surface area contributed by atoms with E-state index in [1.165, 1.54) is 0 Å². The number of rotatable bonds is 6. The monoisotopic (exact) mass is 412 g/mol. The quantitative estimate of drug-likeness (QED) is 0.372. The Labute approximate surface area is 170 Å². The van der Waals surface area contributed by atoms with Crippen molar-refractivity contribution in [3.05, 3.63) is 53.1 Å². The van der Waals surface area contributed by atoms with Gasteiger partial charge in [0.05, 0.1) is 22.3 Å². The maximum absolute atomic E-state index is 13.2. The molecule has 1 fully saturated rings. The fourth-order valence-electron chi connectivity index (χ4n) is 3.20. The molecule has 0 saturated heterocycles. The zero-order chi connectivity index (χ0) is 20.0. The molecular formula is C19H18ClFN8. The van der Waals surface area contributed by atoms with Crippen LogP contribution in [0.15, 0.2) is 36.7 Å².